The minimum absolute atomic E-state index is 0.192. The maximum absolute atomic E-state index is 11.5. The fraction of sp³-hybridized carbons (Fsp3) is 0.231. The van der Waals surface area contributed by atoms with Crippen molar-refractivity contribution in [3.05, 3.63) is 45.5 Å². The Morgan fingerprint density at radius 3 is 2.61 bits per heavy atom. The summed E-state index contributed by atoms with van der Waals surface area (Å²) in [5.74, 6) is -0.510. The van der Waals surface area contributed by atoms with Gasteiger partial charge in [-0.15, -0.1) is 0 Å². The predicted octanol–water partition coefficient (Wildman–Crippen LogP) is 3.64. The first kappa shape index (κ1) is 13.1. The average molecular weight is 284 g/mol. The molecule has 0 saturated heterocycles. The van der Waals surface area contributed by atoms with E-state index >= 15 is 0 Å². The first-order valence-corrected chi connectivity index (χ1v) is 6.05. The first-order valence-electron chi connectivity index (χ1n) is 5.29. The molecule has 94 valence electrons. The minimum atomic E-state index is -0.532. The Morgan fingerprint density at radius 2 is 2.06 bits per heavy atom. The second-order valence-electron chi connectivity index (χ2n) is 4.07. The van der Waals surface area contributed by atoms with E-state index in [0.717, 1.165) is 5.56 Å². The summed E-state index contributed by atoms with van der Waals surface area (Å²) in [6.07, 6.45) is 5.47. The molecular formula is C13H11Cl2NO2. The molecule has 18 heavy (non-hydrogen) atoms. The molecule has 1 aliphatic rings. The molecule has 5 heteroatoms. The van der Waals surface area contributed by atoms with Crippen LogP contribution in [0.15, 0.2) is 29.3 Å². The number of ether oxygens (including phenoxy) is 1. The molecule has 0 aliphatic carbocycles. The van der Waals surface area contributed by atoms with Gasteiger partial charge >= 0.3 is 5.97 Å². The number of hydrogen-bond acceptors (Lipinski definition) is 3. The van der Waals surface area contributed by atoms with Crippen LogP contribution in [-0.4, -0.2) is 19.3 Å². The summed E-state index contributed by atoms with van der Waals surface area (Å²) in [6, 6.07) is 3.34. The van der Waals surface area contributed by atoms with Gasteiger partial charge in [0, 0.05) is 11.8 Å². The third-order valence-corrected chi connectivity index (χ3v) is 3.76. The lowest BCUT2D eigenvalue weighted by atomic mass is 9.92. The fourth-order valence-electron chi connectivity index (χ4n) is 1.84. The number of carbonyl (C=O) groups excluding carboxylic acids is 1. The normalized spacial score (nSPS) is 21.3. The molecule has 1 aromatic carbocycles. The zero-order valence-electron chi connectivity index (χ0n) is 9.91. The summed E-state index contributed by atoms with van der Waals surface area (Å²) in [4.78, 5) is 15.8. The summed E-state index contributed by atoms with van der Waals surface area (Å²) in [6.45, 7) is 1.92. The Hall–Kier alpha value is -1.32. The van der Waals surface area contributed by atoms with Crippen molar-refractivity contribution in [3.8, 4) is 0 Å². The van der Waals surface area contributed by atoms with Crippen LogP contribution in [0.4, 0.5) is 0 Å². The molecule has 1 unspecified atom stereocenters. The van der Waals surface area contributed by atoms with Crippen molar-refractivity contribution in [2.45, 2.75) is 12.5 Å². The number of methoxy groups -OCH3 is 1. The van der Waals surface area contributed by atoms with Gasteiger partial charge in [0.1, 0.15) is 5.54 Å². The maximum atomic E-state index is 11.5. The van der Waals surface area contributed by atoms with E-state index in [1.807, 2.05) is 19.1 Å². The zero-order valence-corrected chi connectivity index (χ0v) is 11.4. The van der Waals surface area contributed by atoms with Crippen LogP contribution in [0.5, 0.6) is 0 Å². The number of rotatable bonds is 2. The molecule has 0 fully saturated rings. The highest BCUT2D eigenvalue weighted by atomic mass is 35.5. The van der Waals surface area contributed by atoms with Crippen molar-refractivity contribution in [2.24, 2.45) is 4.99 Å². The number of aliphatic imine (C=N–C) groups is 1. The van der Waals surface area contributed by atoms with E-state index in [1.54, 1.807) is 18.3 Å². The van der Waals surface area contributed by atoms with Crippen LogP contribution in [0.2, 0.25) is 10.0 Å². The molecule has 1 aromatic rings. The van der Waals surface area contributed by atoms with E-state index in [0.29, 0.717) is 5.02 Å². The maximum Gasteiger partial charge on any atom is 0.339 e. The summed E-state index contributed by atoms with van der Waals surface area (Å²) < 4.78 is 4.64. The molecule has 1 atom stereocenters. The predicted molar refractivity (Wildman–Crippen MR) is 72.8 cm³/mol. The van der Waals surface area contributed by atoms with Gasteiger partial charge in [-0.1, -0.05) is 35.3 Å². The molecule has 0 bridgehead atoms. The van der Waals surface area contributed by atoms with Crippen molar-refractivity contribution >= 4 is 35.4 Å². The molecule has 2 rings (SSSR count). The van der Waals surface area contributed by atoms with Crippen LogP contribution in [-0.2, 0) is 10.3 Å². The van der Waals surface area contributed by atoms with Gasteiger partial charge in [0.15, 0.2) is 0 Å². The number of allylic oxidation sites excluding steroid dienone is 1. The fourth-order valence-corrected chi connectivity index (χ4v) is 2.44. The van der Waals surface area contributed by atoms with Crippen LogP contribution in [0, 0.1) is 0 Å². The van der Waals surface area contributed by atoms with Gasteiger partial charge in [-0.25, -0.2) is 4.79 Å². The first-order chi connectivity index (χ1) is 8.49. The Bertz CT molecular complexity index is 552. The molecule has 0 saturated carbocycles. The molecule has 0 spiro atoms. The third kappa shape index (κ3) is 2.04. The minimum Gasteiger partial charge on any atom is -0.465 e. The van der Waals surface area contributed by atoms with Crippen molar-refractivity contribution in [1.29, 1.82) is 0 Å². The van der Waals surface area contributed by atoms with E-state index in [2.05, 4.69) is 9.73 Å². The Balaban J connectivity index is 2.54. The van der Waals surface area contributed by atoms with Crippen molar-refractivity contribution in [3.63, 3.8) is 0 Å². The van der Waals surface area contributed by atoms with E-state index in [4.69, 9.17) is 23.2 Å². The van der Waals surface area contributed by atoms with Gasteiger partial charge < -0.3 is 4.74 Å². The zero-order chi connectivity index (χ0) is 13.3. The van der Waals surface area contributed by atoms with Gasteiger partial charge in [0.05, 0.1) is 22.7 Å². The molecule has 1 aliphatic heterocycles. The second-order valence-corrected chi connectivity index (χ2v) is 4.82. The number of hydrogen-bond donors (Lipinski definition) is 0. The lowest BCUT2D eigenvalue weighted by Gasteiger charge is -2.21. The summed E-state index contributed by atoms with van der Waals surface area (Å²) in [7, 11) is 1.30. The highest BCUT2D eigenvalue weighted by molar-refractivity contribution is 6.44. The monoisotopic (exact) mass is 283 g/mol. The van der Waals surface area contributed by atoms with E-state index in [9.17, 15) is 4.79 Å². The van der Waals surface area contributed by atoms with Gasteiger partial charge in [-0.05, 0) is 19.1 Å². The highest BCUT2D eigenvalue weighted by Gasteiger charge is 2.29. The van der Waals surface area contributed by atoms with E-state index in [1.165, 1.54) is 7.11 Å². The molecule has 3 nitrogen and oxygen atoms in total. The van der Waals surface area contributed by atoms with Gasteiger partial charge in [0.25, 0.3) is 0 Å². The molecular weight excluding hydrogens is 273 g/mol. The summed E-state index contributed by atoms with van der Waals surface area (Å²) >= 11 is 12.3. The Labute approximate surface area is 115 Å². The van der Waals surface area contributed by atoms with Crippen LogP contribution >= 0.6 is 23.2 Å². The average Bonchev–Trinajstić information content (AvgIpc) is 2.79. The van der Waals surface area contributed by atoms with Gasteiger partial charge in [-0.2, -0.15) is 0 Å². The van der Waals surface area contributed by atoms with E-state index < -0.39 is 11.5 Å². The van der Waals surface area contributed by atoms with Crippen LogP contribution in [0.1, 0.15) is 22.8 Å². The third-order valence-electron chi connectivity index (χ3n) is 2.88. The highest BCUT2D eigenvalue weighted by Crippen LogP contribution is 2.39. The van der Waals surface area contributed by atoms with Gasteiger partial charge in [-0.3, -0.25) is 4.99 Å². The number of carbonyl (C=O) groups is 1. The second kappa shape index (κ2) is 4.75. The summed E-state index contributed by atoms with van der Waals surface area (Å²) in [5, 5.41) is 0.517. The van der Waals surface area contributed by atoms with Crippen LogP contribution in [0.25, 0.3) is 0 Å². The SMILES string of the molecule is COC(=O)c1ccc(C2(C)C=CC=N2)c(Cl)c1Cl. The van der Waals surface area contributed by atoms with Gasteiger partial charge in [0.2, 0.25) is 0 Å². The largest absolute Gasteiger partial charge is 0.465 e. The number of halogens is 2. The van der Waals surface area contributed by atoms with Crippen LogP contribution < -0.4 is 0 Å². The summed E-state index contributed by atoms with van der Waals surface area (Å²) in [5.41, 5.74) is 0.476. The standard InChI is InChI=1S/C13H11Cl2NO2/c1-13(6-3-7-16-13)9-5-4-8(12(17)18-2)10(14)11(9)15/h3-7H,1-2H3. The van der Waals surface area contributed by atoms with Crippen molar-refractivity contribution in [1.82, 2.24) is 0 Å². The Kier molecular flexibility index (Phi) is 3.46. The van der Waals surface area contributed by atoms with Crippen LogP contribution in [0.3, 0.4) is 0 Å². The van der Waals surface area contributed by atoms with Crippen molar-refractivity contribution in [2.75, 3.05) is 7.11 Å². The molecule has 0 amide bonds. The Morgan fingerprint density at radius 1 is 1.33 bits per heavy atom. The number of nitrogens with zero attached hydrogens (tertiary/aromatic N) is 1. The molecule has 0 aromatic heterocycles. The van der Waals surface area contributed by atoms with Crippen molar-refractivity contribution < 1.29 is 9.53 Å². The molecule has 0 radical (unpaired) electrons. The lowest BCUT2D eigenvalue weighted by Crippen LogP contribution is -2.15. The quantitative estimate of drug-likeness (QED) is 0.778. The molecule has 0 N–H and O–H groups in total. The number of esters is 1. The topological polar surface area (TPSA) is 38.7 Å². The lowest BCUT2D eigenvalue weighted by molar-refractivity contribution is 0.0601. The number of benzene rings is 1. The smallest absolute Gasteiger partial charge is 0.339 e. The van der Waals surface area contributed by atoms with E-state index in [-0.39, 0.29) is 10.6 Å². The molecule has 1 heterocycles.